The van der Waals surface area contributed by atoms with E-state index < -0.39 is 16.0 Å². The lowest BCUT2D eigenvalue weighted by atomic mass is 10.1. The molecule has 4 rings (SSSR count). The molecule has 10 heteroatoms. The molecule has 34 heavy (non-hydrogen) atoms. The lowest BCUT2D eigenvalue weighted by Crippen LogP contribution is -2.29. The molecule has 0 bridgehead atoms. The van der Waals surface area contributed by atoms with E-state index in [1.807, 2.05) is 0 Å². The molecule has 7 nitrogen and oxygen atoms in total. The summed E-state index contributed by atoms with van der Waals surface area (Å²) in [5.41, 5.74) is 2.93. The number of methoxy groups -OCH3 is 1. The molecule has 0 saturated heterocycles. The highest BCUT2D eigenvalue weighted by molar-refractivity contribution is 7.92. The average Bonchev–Trinajstić information content (AvgIpc) is 3.38. The van der Waals surface area contributed by atoms with Gasteiger partial charge in [0, 0.05) is 15.5 Å². The van der Waals surface area contributed by atoms with E-state index in [0.29, 0.717) is 26.8 Å². The van der Waals surface area contributed by atoms with Crippen LogP contribution in [0.2, 0.25) is 5.02 Å². The van der Waals surface area contributed by atoms with Gasteiger partial charge in [0.25, 0.3) is 5.91 Å². The quantitative estimate of drug-likeness (QED) is 0.449. The van der Waals surface area contributed by atoms with E-state index in [-0.39, 0.29) is 12.5 Å². The first-order chi connectivity index (χ1) is 16.2. The molecule has 2 aromatic carbocycles. The normalized spacial score (nSPS) is 12.8. The predicted molar refractivity (Wildman–Crippen MR) is 135 cm³/mol. The monoisotopic (exact) mass is 518 g/mol. The fraction of sp³-hybridized carbons (Fsp3) is 0.250. The van der Waals surface area contributed by atoms with Gasteiger partial charge in [-0.2, -0.15) is 0 Å². The van der Waals surface area contributed by atoms with Gasteiger partial charge in [-0.3, -0.25) is 9.10 Å². The van der Waals surface area contributed by atoms with Crippen molar-refractivity contribution in [2.45, 2.75) is 25.8 Å². The van der Waals surface area contributed by atoms with E-state index in [0.717, 1.165) is 41.5 Å². The summed E-state index contributed by atoms with van der Waals surface area (Å²) in [6.07, 6.45) is 3.78. The SMILES string of the molecule is COC(=O)c1c(NC(=O)c2ccc(N(Cc3ccc(Cl)cc3)S(C)(=O)=O)cc2)sc2c1CCC2. The third kappa shape index (κ3) is 5.11. The van der Waals surface area contributed by atoms with E-state index in [9.17, 15) is 18.0 Å². The molecule has 1 heterocycles. The maximum atomic E-state index is 12.9. The lowest BCUT2D eigenvalue weighted by Gasteiger charge is -2.22. The summed E-state index contributed by atoms with van der Waals surface area (Å²) >= 11 is 7.32. The number of nitrogens with zero attached hydrogens (tertiary/aromatic N) is 1. The van der Waals surface area contributed by atoms with Crippen molar-refractivity contribution in [2.75, 3.05) is 23.0 Å². The number of carbonyl (C=O) groups excluding carboxylic acids is 2. The number of halogens is 1. The van der Waals surface area contributed by atoms with E-state index in [1.54, 1.807) is 48.5 Å². The molecule has 178 valence electrons. The van der Waals surface area contributed by atoms with Crippen LogP contribution in [0.5, 0.6) is 0 Å². The second-order valence-corrected chi connectivity index (χ2v) is 11.4. The molecule has 3 aromatic rings. The topological polar surface area (TPSA) is 92.8 Å². The number of hydrogen-bond acceptors (Lipinski definition) is 6. The first-order valence-corrected chi connectivity index (χ1v) is 13.6. The van der Waals surface area contributed by atoms with Crippen molar-refractivity contribution in [3.63, 3.8) is 0 Å². The highest BCUT2D eigenvalue weighted by atomic mass is 35.5. The number of carbonyl (C=O) groups is 2. The summed E-state index contributed by atoms with van der Waals surface area (Å²) in [4.78, 5) is 26.3. The molecule has 1 aliphatic rings. The number of aryl methyl sites for hydroxylation is 1. The highest BCUT2D eigenvalue weighted by Gasteiger charge is 2.28. The first kappa shape index (κ1) is 24.3. The molecule has 0 spiro atoms. The fourth-order valence-corrected chi connectivity index (χ4v) is 6.21. The maximum Gasteiger partial charge on any atom is 0.341 e. The fourth-order valence-electron chi connectivity index (χ4n) is 3.92. The van der Waals surface area contributed by atoms with Crippen molar-refractivity contribution in [3.8, 4) is 0 Å². The second-order valence-electron chi connectivity index (χ2n) is 7.95. The second kappa shape index (κ2) is 9.77. The molecule has 1 aliphatic carbocycles. The Morgan fingerprint density at radius 3 is 2.38 bits per heavy atom. The van der Waals surface area contributed by atoms with Crippen LogP contribution in [-0.4, -0.2) is 33.7 Å². The van der Waals surface area contributed by atoms with Gasteiger partial charge < -0.3 is 10.1 Å². The molecule has 1 amide bonds. The number of ether oxygens (including phenoxy) is 1. The minimum atomic E-state index is -3.57. The van der Waals surface area contributed by atoms with Gasteiger partial charge in [-0.05, 0) is 66.8 Å². The van der Waals surface area contributed by atoms with Gasteiger partial charge in [0.05, 0.1) is 31.2 Å². The number of sulfonamides is 1. The molecular weight excluding hydrogens is 496 g/mol. The summed E-state index contributed by atoms with van der Waals surface area (Å²) in [6.45, 7) is 0.130. The number of nitrogens with one attached hydrogen (secondary N) is 1. The highest BCUT2D eigenvalue weighted by Crippen LogP contribution is 2.39. The number of rotatable bonds is 7. The lowest BCUT2D eigenvalue weighted by molar-refractivity contribution is 0.0601. The van der Waals surface area contributed by atoms with Crippen LogP contribution in [-0.2, 0) is 34.1 Å². The molecule has 0 fully saturated rings. The minimum Gasteiger partial charge on any atom is -0.465 e. The van der Waals surface area contributed by atoms with Crippen LogP contribution in [0.1, 0.15) is 43.1 Å². The van der Waals surface area contributed by atoms with Crippen LogP contribution in [0.25, 0.3) is 0 Å². The number of esters is 1. The minimum absolute atomic E-state index is 0.130. The zero-order chi connectivity index (χ0) is 24.5. The Kier molecular flexibility index (Phi) is 6.97. The van der Waals surface area contributed by atoms with Gasteiger partial charge in [0.2, 0.25) is 10.0 Å². The molecule has 0 unspecified atom stereocenters. The third-order valence-electron chi connectivity index (χ3n) is 5.60. The largest absolute Gasteiger partial charge is 0.465 e. The smallest absolute Gasteiger partial charge is 0.341 e. The van der Waals surface area contributed by atoms with Gasteiger partial charge in [0.1, 0.15) is 5.00 Å². The Labute approximate surface area is 207 Å². The summed E-state index contributed by atoms with van der Waals surface area (Å²) in [5, 5.41) is 3.87. The number of hydrogen-bond donors (Lipinski definition) is 1. The summed E-state index contributed by atoms with van der Waals surface area (Å²) < 4.78 is 31.1. The molecule has 1 aromatic heterocycles. The van der Waals surface area contributed by atoms with Gasteiger partial charge in [-0.25, -0.2) is 13.2 Å². The molecular formula is C24H23ClN2O5S2. The Balaban J connectivity index is 1.55. The zero-order valence-corrected chi connectivity index (χ0v) is 21.0. The van der Waals surface area contributed by atoms with Gasteiger partial charge >= 0.3 is 5.97 Å². The van der Waals surface area contributed by atoms with Crippen LogP contribution in [0.15, 0.2) is 48.5 Å². The van der Waals surface area contributed by atoms with E-state index in [4.69, 9.17) is 16.3 Å². The van der Waals surface area contributed by atoms with Crippen molar-refractivity contribution >= 4 is 55.5 Å². The Hall–Kier alpha value is -2.88. The van der Waals surface area contributed by atoms with Crippen LogP contribution >= 0.6 is 22.9 Å². The van der Waals surface area contributed by atoms with Gasteiger partial charge in [0.15, 0.2) is 0 Å². The number of fused-ring (bicyclic) bond motifs is 1. The first-order valence-electron chi connectivity index (χ1n) is 10.5. The van der Waals surface area contributed by atoms with Crippen molar-refractivity contribution in [2.24, 2.45) is 0 Å². The van der Waals surface area contributed by atoms with Crippen LogP contribution in [0, 0.1) is 0 Å². The van der Waals surface area contributed by atoms with Crippen LogP contribution in [0.3, 0.4) is 0 Å². The molecule has 0 aliphatic heterocycles. The Morgan fingerprint density at radius 1 is 1.09 bits per heavy atom. The van der Waals surface area contributed by atoms with Crippen molar-refractivity contribution in [1.82, 2.24) is 0 Å². The summed E-state index contributed by atoms with van der Waals surface area (Å²) in [5.74, 6) is -0.851. The molecule has 0 saturated carbocycles. The summed E-state index contributed by atoms with van der Waals surface area (Å²) in [6, 6.07) is 13.2. The zero-order valence-electron chi connectivity index (χ0n) is 18.6. The van der Waals surface area contributed by atoms with Crippen LogP contribution < -0.4 is 9.62 Å². The Morgan fingerprint density at radius 2 is 1.76 bits per heavy atom. The van der Waals surface area contributed by atoms with E-state index >= 15 is 0 Å². The third-order valence-corrected chi connectivity index (χ3v) is 8.19. The molecule has 1 N–H and O–H groups in total. The van der Waals surface area contributed by atoms with Gasteiger partial charge in [-0.15, -0.1) is 11.3 Å². The predicted octanol–water partition coefficient (Wildman–Crippen LogP) is 4.90. The van der Waals surface area contributed by atoms with Crippen molar-refractivity contribution in [1.29, 1.82) is 0 Å². The van der Waals surface area contributed by atoms with Crippen molar-refractivity contribution < 1.29 is 22.7 Å². The average molecular weight is 519 g/mol. The summed E-state index contributed by atoms with van der Waals surface area (Å²) in [7, 11) is -2.25. The standard InChI is InChI=1S/C24H23ClN2O5S2/c1-32-24(29)21-19-4-3-5-20(19)33-23(21)26-22(28)16-8-12-18(13-9-16)27(34(2,30)31)14-15-6-10-17(25)11-7-15/h6-13H,3-5,14H2,1-2H3,(H,26,28). The number of thiophene rings is 1. The van der Waals surface area contributed by atoms with E-state index in [1.165, 1.54) is 22.8 Å². The van der Waals surface area contributed by atoms with E-state index in [2.05, 4.69) is 5.32 Å². The Bertz CT molecular complexity index is 1330. The van der Waals surface area contributed by atoms with Crippen molar-refractivity contribution in [3.05, 3.63) is 80.7 Å². The maximum absolute atomic E-state index is 12.9. The molecule has 0 atom stereocenters. The van der Waals surface area contributed by atoms with Gasteiger partial charge in [-0.1, -0.05) is 23.7 Å². The number of benzene rings is 2. The molecule has 0 radical (unpaired) electrons. The number of amides is 1. The number of anilines is 2. The van der Waals surface area contributed by atoms with Crippen LogP contribution in [0.4, 0.5) is 10.7 Å².